The molecule has 0 radical (unpaired) electrons. The van der Waals surface area contributed by atoms with Crippen molar-refractivity contribution >= 4 is 17.3 Å². The van der Waals surface area contributed by atoms with Crippen LogP contribution in [0.15, 0.2) is 42.5 Å². The van der Waals surface area contributed by atoms with Gasteiger partial charge in [-0.2, -0.15) is 0 Å². The van der Waals surface area contributed by atoms with Crippen LogP contribution < -0.4 is 5.11 Å². The molecule has 0 aromatic heterocycles. The number of aromatic carboxylic acids is 1. The summed E-state index contributed by atoms with van der Waals surface area (Å²) in [4.78, 5) is 31.5. The van der Waals surface area contributed by atoms with Gasteiger partial charge in [0.25, 0.3) is 11.4 Å². The van der Waals surface area contributed by atoms with Crippen LogP contribution in [-0.4, -0.2) is 15.8 Å². The molecule has 0 unspecified atom stereocenters. The van der Waals surface area contributed by atoms with Crippen molar-refractivity contribution in [3.63, 3.8) is 0 Å². The Morgan fingerprint density at radius 2 is 1.43 bits per heavy atom. The Bertz CT molecular complexity index is 756. The maximum atomic E-state index is 11.0. The Morgan fingerprint density at radius 1 is 0.857 bits per heavy atom. The summed E-state index contributed by atoms with van der Waals surface area (Å²) in [6, 6.07) is 8.39. The number of hydrogen-bond acceptors (Lipinski definition) is 6. The highest BCUT2D eigenvalue weighted by Crippen LogP contribution is 2.36. The van der Waals surface area contributed by atoms with Gasteiger partial charge in [-0.15, -0.1) is 0 Å². The third-order valence-electron chi connectivity index (χ3n) is 2.82. The highest BCUT2D eigenvalue weighted by Gasteiger charge is 2.22. The quantitative estimate of drug-likeness (QED) is 0.619. The van der Waals surface area contributed by atoms with E-state index in [1.807, 2.05) is 0 Å². The second kappa shape index (κ2) is 5.37. The molecule has 0 N–H and O–H groups in total. The average molecular weight is 287 g/mol. The summed E-state index contributed by atoms with van der Waals surface area (Å²) in [5.41, 5.74) is -1.24. The van der Waals surface area contributed by atoms with Crippen molar-refractivity contribution in [2.75, 3.05) is 0 Å². The van der Waals surface area contributed by atoms with Gasteiger partial charge < -0.3 is 9.90 Å². The van der Waals surface area contributed by atoms with E-state index in [9.17, 15) is 30.1 Å². The Morgan fingerprint density at radius 3 is 2.00 bits per heavy atom. The number of nitrogens with zero attached hydrogens (tertiary/aromatic N) is 2. The first-order valence-electron chi connectivity index (χ1n) is 5.65. The SMILES string of the molecule is O=C([O-])c1ccc([N+](=O)[O-])c(-c2ccccc2[N+](=O)[O-])c1. The van der Waals surface area contributed by atoms with Crippen LogP contribution in [0.1, 0.15) is 10.4 Å². The zero-order valence-corrected chi connectivity index (χ0v) is 10.4. The van der Waals surface area contributed by atoms with Gasteiger partial charge in [0.2, 0.25) is 0 Å². The minimum Gasteiger partial charge on any atom is -0.545 e. The van der Waals surface area contributed by atoms with Gasteiger partial charge >= 0.3 is 0 Å². The normalized spacial score (nSPS) is 10.1. The Labute approximate surface area is 117 Å². The van der Waals surface area contributed by atoms with Crippen molar-refractivity contribution in [3.05, 3.63) is 68.3 Å². The molecule has 2 aromatic carbocycles. The first kappa shape index (κ1) is 14.1. The van der Waals surface area contributed by atoms with Crippen LogP contribution >= 0.6 is 0 Å². The Hall–Kier alpha value is -3.29. The highest BCUT2D eigenvalue weighted by atomic mass is 16.6. The van der Waals surface area contributed by atoms with E-state index in [1.165, 1.54) is 24.3 Å². The molecule has 106 valence electrons. The third-order valence-corrected chi connectivity index (χ3v) is 2.82. The van der Waals surface area contributed by atoms with Crippen LogP contribution in [0.25, 0.3) is 11.1 Å². The smallest absolute Gasteiger partial charge is 0.277 e. The lowest BCUT2D eigenvalue weighted by atomic mass is 9.99. The summed E-state index contributed by atoms with van der Waals surface area (Å²) in [5.74, 6) is -1.52. The molecule has 0 spiro atoms. The molecule has 0 bridgehead atoms. The van der Waals surface area contributed by atoms with E-state index in [4.69, 9.17) is 0 Å². The molecule has 0 heterocycles. The molecule has 0 aliphatic rings. The number of carbonyl (C=O) groups is 1. The van der Waals surface area contributed by atoms with E-state index in [2.05, 4.69) is 0 Å². The molecule has 0 saturated heterocycles. The minimum absolute atomic E-state index is 0.0303. The average Bonchev–Trinajstić information content (AvgIpc) is 2.46. The lowest BCUT2D eigenvalue weighted by Crippen LogP contribution is -2.22. The number of carboxylic acids is 1. The predicted molar refractivity (Wildman–Crippen MR) is 69.5 cm³/mol. The van der Waals surface area contributed by atoms with Gasteiger partial charge in [-0.25, -0.2) is 0 Å². The van der Waals surface area contributed by atoms with Gasteiger partial charge in [-0.3, -0.25) is 20.2 Å². The number of nitro benzene ring substituents is 2. The molecule has 0 aliphatic heterocycles. The standard InChI is InChI=1S/C13H8N2O6/c16-13(17)8-5-6-12(15(20)21)10(7-8)9-3-1-2-4-11(9)14(18)19/h1-7H,(H,16,17)/p-1. The molecule has 2 rings (SSSR count). The van der Waals surface area contributed by atoms with Crippen molar-refractivity contribution in [1.29, 1.82) is 0 Å². The highest BCUT2D eigenvalue weighted by molar-refractivity contribution is 5.91. The second-order valence-corrected chi connectivity index (χ2v) is 4.05. The van der Waals surface area contributed by atoms with Crippen LogP contribution in [0.5, 0.6) is 0 Å². The lowest BCUT2D eigenvalue weighted by molar-refractivity contribution is -0.386. The minimum atomic E-state index is -1.52. The third kappa shape index (κ3) is 2.68. The first-order valence-corrected chi connectivity index (χ1v) is 5.65. The molecule has 0 saturated carbocycles. The van der Waals surface area contributed by atoms with Crippen LogP contribution in [0.2, 0.25) is 0 Å². The van der Waals surface area contributed by atoms with Gasteiger partial charge in [0.1, 0.15) is 0 Å². The monoisotopic (exact) mass is 287 g/mol. The summed E-state index contributed by atoms with van der Waals surface area (Å²) in [5, 5.41) is 32.9. The van der Waals surface area contributed by atoms with Crippen molar-refractivity contribution in [1.82, 2.24) is 0 Å². The molecule has 8 heteroatoms. The number of carboxylic acid groups (broad SMARTS) is 1. The summed E-state index contributed by atoms with van der Waals surface area (Å²) in [6.45, 7) is 0. The number of hydrogen-bond donors (Lipinski definition) is 0. The van der Waals surface area contributed by atoms with E-state index >= 15 is 0 Å². The van der Waals surface area contributed by atoms with Crippen molar-refractivity contribution in [2.45, 2.75) is 0 Å². The first-order chi connectivity index (χ1) is 9.91. The van der Waals surface area contributed by atoms with E-state index in [1.54, 1.807) is 0 Å². The van der Waals surface area contributed by atoms with Crippen molar-refractivity contribution in [3.8, 4) is 11.1 Å². The van der Waals surface area contributed by atoms with E-state index < -0.39 is 21.5 Å². The molecule has 2 aromatic rings. The van der Waals surface area contributed by atoms with Crippen LogP contribution in [0.4, 0.5) is 11.4 Å². The fourth-order valence-electron chi connectivity index (χ4n) is 1.90. The lowest BCUT2D eigenvalue weighted by Gasteiger charge is -2.08. The van der Waals surface area contributed by atoms with Crippen LogP contribution in [-0.2, 0) is 0 Å². The molecule has 0 atom stereocenters. The fraction of sp³-hybridized carbons (Fsp3) is 0. The second-order valence-electron chi connectivity index (χ2n) is 4.05. The number of para-hydroxylation sites is 1. The number of rotatable bonds is 4. The fourth-order valence-corrected chi connectivity index (χ4v) is 1.90. The zero-order chi connectivity index (χ0) is 15.6. The van der Waals surface area contributed by atoms with E-state index in [-0.39, 0.29) is 22.4 Å². The van der Waals surface area contributed by atoms with E-state index in [0.29, 0.717) is 0 Å². The summed E-state index contributed by atoms with van der Waals surface area (Å²) >= 11 is 0. The number of nitro groups is 2. The zero-order valence-electron chi connectivity index (χ0n) is 10.4. The molecule has 0 fully saturated rings. The van der Waals surface area contributed by atoms with Crippen LogP contribution in [0.3, 0.4) is 0 Å². The van der Waals surface area contributed by atoms with Gasteiger partial charge in [0.05, 0.1) is 26.9 Å². The Kier molecular flexibility index (Phi) is 3.61. The van der Waals surface area contributed by atoms with Gasteiger partial charge in [0.15, 0.2) is 0 Å². The van der Waals surface area contributed by atoms with Gasteiger partial charge in [-0.1, -0.05) is 12.1 Å². The van der Waals surface area contributed by atoms with Crippen molar-refractivity contribution in [2.24, 2.45) is 0 Å². The summed E-state index contributed by atoms with van der Waals surface area (Å²) in [6.07, 6.45) is 0. The maximum absolute atomic E-state index is 11.0. The molecular weight excluding hydrogens is 280 g/mol. The molecule has 21 heavy (non-hydrogen) atoms. The topological polar surface area (TPSA) is 126 Å². The summed E-state index contributed by atoms with van der Waals surface area (Å²) < 4.78 is 0. The molecule has 0 amide bonds. The number of benzene rings is 2. The molecular formula is C13H7N2O6-. The maximum Gasteiger partial charge on any atom is 0.277 e. The van der Waals surface area contributed by atoms with Gasteiger partial charge in [0, 0.05) is 12.1 Å². The molecule has 8 nitrogen and oxygen atoms in total. The summed E-state index contributed by atoms with van der Waals surface area (Å²) in [7, 11) is 0. The molecule has 0 aliphatic carbocycles. The number of carbonyl (C=O) groups excluding carboxylic acids is 1. The van der Waals surface area contributed by atoms with Crippen molar-refractivity contribution < 1.29 is 19.7 Å². The van der Waals surface area contributed by atoms with E-state index in [0.717, 1.165) is 18.2 Å². The Balaban J connectivity index is 2.78. The van der Waals surface area contributed by atoms with Crippen LogP contribution in [0, 0.1) is 20.2 Å². The van der Waals surface area contributed by atoms with Gasteiger partial charge in [-0.05, 0) is 23.8 Å². The predicted octanol–water partition coefficient (Wildman–Crippen LogP) is 1.53. The largest absolute Gasteiger partial charge is 0.545 e.